The highest BCUT2D eigenvalue weighted by atomic mass is 16.5. The summed E-state index contributed by atoms with van der Waals surface area (Å²) in [7, 11) is 1.58. The van der Waals surface area contributed by atoms with Crippen LogP contribution in [0, 0.1) is 23.2 Å². The fourth-order valence-corrected chi connectivity index (χ4v) is 4.82. The van der Waals surface area contributed by atoms with E-state index in [1.165, 1.54) is 0 Å². The summed E-state index contributed by atoms with van der Waals surface area (Å²) in [5.74, 6) is -1.02. The summed E-state index contributed by atoms with van der Waals surface area (Å²) in [5.41, 5.74) is 2.74. The van der Waals surface area contributed by atoms with E-state index < -0.39 is 17.9 Å². The molecule has 0 spiro atoms. The van der Waals surface area contributed by atoms with Crippen LogP contribution in [0.15, 0.2) is 48.5 Å². The molecule has 36 heavy (non-hydrogen) atoms. The van der Waals surface area contributed by atoms with Gasteiger partial charge in [0.05, 0.1) is 24.8 Å². The summed E-state index contributed by atoms with van der Waals surface area (Å²) in [4.78, 5) is 42.0. The molecular formula is C28H30N4O4. The highest BCUT2D eigenvalue weighted by Gasteiger charge is 2.34. The SMILES string of the molecule is COc1cccc2[nH]c(C(=O)CC(CC(C)C)C(=O)NC(C#N)CC3C(=O)Nc4ccccc43)cc12. The molecule has 2 aromatic carbocycles. The predicted molar refractivity (Wildman–Crippen MR) is 137 cm³/mol. The number of nitrogens with one attached hydrogen (secondary N) is 3. The normalized spacial score (nSPS) is 16.2. The van der Waals surface area contributed by atoms with Crippen LogP contribution in [-0.2, 0) is 9.59 Å². The van der Waals surface area contributed by atoms with Crippen molar-refractivity contribution in [3.63, 3.8) is 0 Å². The van der Waals surface area contributed by atoms with Crippen molar-refractivity contribution in [2.24, 2.45) is 11.8 Å². The first-order valence-corrected chi connectivity index (χ1v) is 12.1. The van der Waals surface area contributed by atoms with Gasteiger partial charge in [0, 0.05) is 28.9 Å². The molecule has 1 aliphatic rings. The van der Waals surface area contributed by atoms with Gasteiger partial charge in [-0.3, -0.25) is 14.4 Å². The number of carbonyl (C=O) groups is 3. The highest BCUT2D eigenvalue weighted by Crippen LogP contribution is 2.35. The lowest BCUT2D eigenvalue weighted by molar-refractivity contribution is -0.126. The number of methoxy groups -OCH3 is 1. The van der Waals surface area contributed by atoms with Crippen LogP contribution in [0.5, 0.6) is 5.75 Å². The zero-order chi connectivity index (χ0) is 25.8. The number of ether oxygens (including phenoxy) is 1. The van der Waals surface area contributed by atoms with Crippen molar-refractivity contribution in [3.8, 4) is 11.8 Å². The molecule has 186 valence electrons. The van der Waals surface area contributed by atoms with Gasteiger partial charge in [-0.1, -0.05) is 38.1 Å². The number of nitriles is 1. The first-order valence-electron chi connectivity index (χ1n) is 12.1. The number of rotatable bonds is 10. The van der Waals surface area contributed by atoms with Crippen LogP contribution in [0.3, 0.4) is 0 Å². The average molecular weight is 487 g/mol. The molecule has 0 bridgehead atoms. The Morgan fingerprint density at radius 3 is 2.67 bits per heavy atom. The van der Waals surface area contributed by atoms with Crippen molar-refractivity contribution in [2.75, 3.05) is 12.4 Å². The van der Waals surface area contributed by atoms with Gasteiger partial charge in [-0.15, -0.1) is 0 Å². The molecule has 2 amide bonds. The first-order chi connectivity index (χ1) is 17.3. The lowest BCUT2D eigenvalue weighted by atomic mass is 9.89. The van der Waals surface area contributed by atoms with Gasteiger partial charge < -0.3 is 20.4 Å². The quantitative estimate of drug-likeness (QED) is 0.363. The van der Waals surface area contributed by atoms with Crippen LogP contribution in [0.25, 0.3) is 10.9 Å². The second-order valence-corrected chi connectivity index (χ2v) is 9.61. The molecule has 2 heterocycles. The number of H-pyrrole nitrogens is 1. The maximum absolute atomic E-state index is 13.2. The molecule has 1 aromatic heterocycles. The Kier molecular flexibility index (Phi) is 7.39. The predicted octanol–water partition coefficient (Wildman–Crippen LogP) is 4.55. The smallest absolute Gasteiger partial charge is 0.232 e. The molecule has 3 N–H and O–H groups in total. The maximum atomic E-state index is 13.2. The summed E-state index contributed by atoms with van der Waals surface area (Å²) in [6.07, 6.45) is 0.658. The molecule has 8 heteroatoms. The standard InChI is InChI=1S/C28H30N4O4/c1-16(2)11-17(12-25(33)24-14-21-23(31-24)9-6-10-26(21)36-3)27(34)30-18(15-29)13-20-19-7-4-5-8-22(19)32-28(20)35/h4-10,14,16-18,20,31H,11-13H2,1-3H3,(H,30,34)(H,32,35). The number of aromatic amines is 1. The van der Waals surface area contributed by atoms with Crippen molar-refractivity contribution in [1.29, 1.82) is 5.26 Å². The van der Waals surface area contributed by atoms with Crippen molar-refractivity contribution in [2.45, 2.75) is 45.1 Å². The van der Waals surface area contributed by atoms with Crippen molar-refractivity contribution >= 4 is 34.2 Å². The summed E-state index contributed by atoms with van der Waals surface area (Å²) < 4.78 is 5.38. The number of Topliss-reactive ketones (excluding diaryl/α,β-unsaturated/α-hetero) is 1. The Hall–Kier alpha value is -4.12. The number of nitrogens with zero attached hydrogens (tertiary/aromatic N) is 1. The number of hydrogen-bond donors (Lipinski definition) is 3. The Morgan fingerprint density at radius 1 is 1.17 bits per heavy atom. The van der Waals surface area contributed by atoms with Gasteiger partial charge in [-0.25, -0.2) is 0 Å². The lowest BCUT2D eigenvalue weighted by Crippen LogP contribution is -2.40. The topological polar surface area (TPSA) is 124 Å². The van der Waals surface area contributed by atoms with E-state index in [9.17, 15) is 19.6 Å². The molecule has 3 aromatic rings. The molecule has 8 nitrogen and oxygen atoms in total. The Labute approximate surface area is 210 Å². The van der Waals surface area contributed by atoms with E-state index in [1.54, 1.807) is 13.2 Å². The third-order valence-electron chi connectivity index (χ3n) is 6.56. The van der Waals surface area contributed by atoms with Gasteiger partial charge in [0.2, 0.25) is 11.8 Å². The third kappa shape index (κ3) is 5.25. The van der Waals surface area contributed by atoms with Crippen molar-refractivity contribution in [3.05, 3.63) is 59.8 Å². The second-order valence-electron chi connectivity index (χ2n) is 9.61. The first kappa shape index (κ1) is 25.0. The minimum absolute atomic E-state index is 0.00402. The van der Waals surface area contributed by atoms with E-state index in [-0.39, 0.29) is 36.4 Å². The van der Waals surface area contributed by atoms with Gasteiger partial charge in [0.1, 0.15) is 11.8 Å². The third-order valence-corrected chi connectivity index (χ3v) is 6.56. The fraction of sp³-hybridized carbons (Fsp3) is 0.357. The lowest BCUT2D eigenvalue weighted by Gasteiger charge is -2.21. The summed E-state index contributed by atoms with van der Waals surface area (Å²) in [5, 5.41) is 16.2. The maximum Gasteiger partial charge on any atom is 0.232 e. The number of aromatic nitrogens is 1. The highest BCUT2D eigenvalue weighted by molar-refractivity contribution is 6.03. The van der Waals surface area contributed by atoms with Crippen LogP contribution in [0.2, 0.25) is 0 Å². The van der Waals surface area contributed by atoms with Gasteiger partial charge in [-0.2, -0.15) is 5.26 Å². The minimum atomic E-state index is -0.860. The molecular weight excluding hydrogens is 456 g/mol. The fourth-order valence-electron chi connectivity index (χ4n) is 4.82. The van der Waals surface area contributed by atoms with E-state index in [0.717, 1.165) is 22.2 Å². The van der Waals surface area contributed by atoms with E-state index in [1.807, 2.05) is 56.3 Å². The summed E-state index contributed by atoms with van der Waals surface area (Å²) in [6.45, 7) is 3.97. The number of amides is 2. The number of anilines is 1. The molecule has 4 rings (SSSR count). The number of benzene rings is 2. The van der Waals surface area contributed by atoms with Gasteiger partial charge in [-0.05, 0) is 48.6 Å². The molecule has 0 aliphatic carbocycles. The molecule has 3 unspecified atom stereocenters. The van der Waals surface area contributed by atoms with Crippen LogP contribution < -0.4 is 15.4 Å². The van der Waals surface area contributed by atoms with E-state index >= 15 is 0 Å². The van der Waals surface area contributed by atoms with Gasteiger partial charge in [0.15, 0.2) is 5.78 Å². The monoisotopic (exact) mass is 486 g/mol. The van der Waals surface area contributed by atoms with Crippen LogP contribution in [0.4, 0.5) is 5.69 Å². The van der Waals surface area contributed by atoms with E-state index in [2.05, 4.69) is 21.7 Å². The van der Waals surface area contributed by atoms with E-state index in [0.29, 0.717) is 17.9 Å². The minimum Gasteiger partial charge on any atom is -0.496 e. The summed E-state index contributed by atoms with van der Waals surface area (Å²) in [6, 6.07) is 15.9. The van der Waals surface area contributed by atoms with Gasteiger partial charge >= 0.3 is 0 Å². The van der Waals surface area contributed by atoms with Gasteiger partial charge in [0.25, 0.3) is 0 Å². The molecule has 1 aliphatic heterocycles. The summed E-state index contributed by atoms with van der Waals surface area (Å²) >= 11 is 0. The Morgan fingerprint density at radius 2 is 1.94 bits per heavy atom. The number of para-hydroxylation sites is 1. The van der Waals surface area contributed by atoms with Crippen LogP contribution >= 0.6 is 0 Å². The molecule has 0 saturated carbocycles. The Balaban J connectivity index is 1.47. The average Bonchev–Trinajstić information content (AvgIpc) is 3.43. The van der Waals surface area contributed by atoms with Crippen molar-refractivity contribution < 1.29 is 19.1 Å². The van der Waals surface area contributed by atoms with Crippen LogP contribution in [-0.4, -0.2) is 35.7 Å². The van der Waals surface area contributed by atoms with E-state index in [4.69, 9.17) is 4.74 Å². The largest absolute Gasteiger partial charge is 0.496 e. The second kappa shape index (κ2) is 10.6. The number of carbonyl (C=O) groups excluding carboxylic acids is 3. The molecule has 0 fully saturated rings. The number of hydrogen-bond acceptors (Lipinski definition) is 5. The Bertz CT molecular complexity index is 1340. The zero-order valence-electron chi connectivity index (χ0n) is 20.6. The van der Waals surface area contributed by atoms with Crippen LogP contribution in [0.1, 0.15) is 55.1 Å². The molecule has 0 radical (unpaired) electrons. The zero-order valence-corrected chi connectivity index (χ0v) is 20.6. The molecule has 3 atom stereocenters. The van der Waals surface area contributed by atoms with Crippen molar-refractivity contribution in [1.82, 2.24) is 10.3 Å². The number of fused-ring (bicyclic) bond motifs is 2. The molecule has 0 saturated heterocycles. The number of ketones is 1.